The van der Waals surface area contributed by atoms with Crippen LogP contribution in [-0.4, -0.2) is 32.4 Å². The van der Waals surface area contributed by atoms with Crippen LogP contribution < -0.4 is 4.74 Å². The van der Waals surface area contributed by atoms with Gasteiger partial charge in [0.25, 0.3) is 0 Å². The zero-order valence-electron chi connectivity index (χ0n) is 17.1. The van der Waals surface area contributed by atoms with Gasteiger partial charge in [0.1, 0.15) is 11.6 Å². The predicted molar refractivity (Wildman–Crippen MR) is 118 cm³/mol. The van der Waals surface area contributed by atoms with Gasteiger partial charge < -0.3 is 4.74 Å². The molecule has 1 atom stereocenters. The van der Waals surface area contributed by atoms with E-state index in [9.17, 15) is 0 Å². The van der Waals surface area contributed by atoms with Crippen LogP contribution in [0.2, 0.25) is 0 Å². The molecule has 0 N–H and O–H groups in total. The molecule has 0 unspecified atom stereocenters. The molecule has 1 fully saturated rings. The third-order valence-corrected chi connectivity index (χ3v) is 5.98. The minimum atomic E-state index is 0.396. The van der Waals surface area contributed by atoms with Gasteiger partial charge in [0.2, 0.25) is 0 Å². The molecule has 1 aliphatic rings. The SMILES string of the molecule is CCOc1ccc([C@H]2CCCN2Cn2nc(C)n(Cc3ccccc3)c2=S)cc1. The zero-order chi connectivity index (χ0) is 20.2. The fourth-order valence-electron chi connectivity index (χ4n) is 4.09. The van der Waals surface area contributed by atoms with E-state index in [-0.39, 0.29) is 0 Å². The lowest BCUT2D eigenvalue weighted by Gasteiger charge is -2.24. The Labute approximate surface area is 177 Å². The summed E-state index contributed by atoms with van der Waals surface area (Å²) >= 11 is 5.77. The molecule has 1 aromatic heterocycles. The molecule has 29 heavy (non-hydrogen) atoms. The fourth-order valence-corrected chi connectivity index (χ4v) is 4.38. The van der Waals surface area contributed by atoms with Crippen molar-refractivity contribution in [2.45, 2.75) is 45.9 Å². The van der Waals surface area contributed by atoms with E-state index in [0.717, 1.165) is 42.5 Å². The summed E-state index contributed by atoms with van der Waals surface area (Å²) in [5.41, 5.74) is 2.57. The average Bonchev–Trinajstić information content (AvgIpc) is 3.30. The number of aryl methyl sites for hydroxylation is 1. The number of hydrogen-bond acceptors (Lipinski definition) is 4. The predicted octanol–water partition coefficient (Wildman–Crippen LogP) is 4.96. The Hall–Kier alpha value is -2.44. The van der Waals surface area contributed by atoms with Gasteiger partial charge in [-0.25, -0.2) is 4.68 Å². The molecule has 0 spiro atoms. The summed E-state index contributed by atoms with van der Waals surface area (Å²) in [7, 11) is 0. The molecule has 2 aromatic carbocycles. The van der Waals surface area contributed by atoms with Crippen molar-refractivity contribution in [2.75, 3.05) is 13.2 Å². The average molecular weight is 409 g/mol. The van der Waals surface area contributed by atoms with E-state index in [1.165, 1.54) is 17.5 Å². The van der Waals surface area contributed by atoms with Crippen LogP contribution in [0.15, 0.2) is 54.6 Å². The van der Waals surface area contributed by atoms with Gasteiger partial charge in [-0.2, -0.15) is 5.10 Å². The molecule has 0 saturated carbocycles. The largest absolute Gasteiger partial charge is 0.494 e. The first-order valence-corrected chi connectivity index (χ1v) is 10.7. The van der Waals surface area contributed by atoms with E-state index in [2.05, 4.69) is 58.0 Å². The third kappa shape index (κ3) is 4.43. The molecule has 0 aliphatic carbocycles. The van der Waals surface area contributed by atoms with Crippen LogP contribution in [0.3, 0.4) is 0 Å². The highest BCUT2D eigenvalue weighted by atomic mass is 32.1. The molecule has 0 amide bonds. The first kappa shape index (κ1) is 19.9. The topological polar surface area (TPSA) is 35.2 Å². The molecule has 0 radical (unpaired) electrons. The van der Waals surface area contributed by atoms with Crippen LogP contribution >= 0.6 is 12.2 Å². The second kappa shape index (κ2) is 8.93. The summed E-state index contributed by atoms with van der Waals surface area (Å²) in [6, 6.07) is 19.3. The Morgan fingerprint density at radius 3 is 2.59 bits per heavy atom. The summed E-state index contributed by atoms with van der Waals surface area (Å²) in [6.07, 6.45) is 2.35. The lowest BCUT2D eigenvalue weighted by molar-refractivity contribution is 0.189. The maximum atomic E-state index is 5.77. The van der Waals surface area contributed by atoms with E-state index in [1.807, 2.05) is 24.6 Å². The Balaban J connectivity index is 1.51. The molecule has 0 bridgehead atoms. The van der Waals surface area contributed by atoms with Crippen molar-refractivity contribution < 1.29 is 4.74 Å². The van der Waals surface area contributed by atoms with Crippen LogP contribution in [0.1, 0.15) is 42.8 Å². The molecular formula is C23H28N4OS. The molecule has 1 saturated heterocycles. The number of ether oxygens (including phenoxy) is 1. The van der Waals surface area contributed by atoms with Gasteiger partial charge in [-0.15, -0.1) is 0 Å². The minimum absolute atomic E-state index is 0.396. The van der Waals surface area contributed by atoms with Crippen molar-refractivity contribution in [3.05, 3.63) is 76.3 Å². The van der Waals surface area contributed by atoms with Crippen molar-refractivity contribution >= 4 is 12.2 Å². The number of benzene rings is 2. The highest BCUT2D eigenvalue weighted by Crippen LogP contribution is 2.33. The molecular weight excluding hydrogens is 380 g/mol. The summed E-state index contributed by atoms with van der Waals surface area (Å²) in [6.45, 7) is 7.27. The van der Waals surface area contributed by atoms with Crippen LogP contribution in [0.5, 0.6) is 5.75 Å². The van der Waals surface area contributed by atoms with Crippen LogP contribution in [0.4, 0.5) is 0 Å². The quantitative estimate of drug-likeness (QED) is 0.518. The molecule has 5 nitrogen and oxygen atoms in total. The zero-order valence-corrected chi connectivity index (χ0v) is 17.9. The summed E-state index contributed by atoms with van der Waals surface area (Å²) in [4.78, 5) is 2.48. The van der Waals surface area contributed by atoms with Crippen molar-refractivity contribution in [3.8, 4) is 5.75 Å². The number of aromatic nitrogens is 3. The third-order valence-electron chi connectivity index (χ3n) is 5.55. The van der Waals surface area contributed by atoms with Crippen molar-refractivity contribution in [3.63, 3.8) is 0 Å². The van der Waals surface area contributed by atoms with E-state index >= 15 is 0 Å². The van der Waals surface area contributed by atoms with Gasteiger partial charge in [0.05, 0.1) is 19.8 Å². The maximum absolute atomic E-state index is 5.77. The van der Waals surface area contributed by atoms with Gasteiger partial charge in [-0.05, 0) is 62.2 Å². The van der Waals surface area contributed by atoms with E-state index in [4.69, 9.17) is 22.1 Å². The fraction of sp³-hybridized carbons (Fsp3) is 0.391. The number of rotatable bonds is 7. The highest BCUT2D eigenvalue weighted by Gasteiger charge is 2.27. The lowest BCUT2D eigenvalue weighted by Crippen LogP contribution is -2.27. The van der Waals surface area contributed by atoms with Crippen molar-refractivity contribution in [1.82, 2.24) is 19.2 Å². The Kier molecular flexibility index (Phi) is 6.11. The van der Waals surface area contributed by atoms with Crippen LogP contribution in [0, 0.1) is 11.7 Å². The molecule has 152 valence electrons. The van der Waals surface area contributed by atoms with Crippen molar-refractivity contribution in [2.24, 2.45) is 0 Å². The van der Waals surface area contributed by atoms with E-state index in [0.29, 0.717) is 12.6 Å². The second-order valence-electron chi connectivity index (χ2n) is 7.51. The molecule has 4 rings (SSSR count). The first-order valence-electron chi connectivity index (χ1n) is 10.3. The Morgan fingerprint density at radius 2 is 1.86 bits per heavy atom. The standard InChI is InChI=1S/C23H28N4OS/c1-3-28-21-13-11-20(12-14-21)22-10-7-15-25(22)17-27-23(29)26(18(2)24-27)16-19-8-5-4-6-9-19/h4-6,8-9,11-14,22H,3,7,10,15-17H2,1-2H3/t22-/m1/s1. The van der Waals surface area contributed by atoms with E-state index < -0.39 is 0 Å². The van der Waals surface area contributed by atoms with Crippen LogP contribution in [-0.2, 0) is 13.2 Å². The molecule has 3 aromatic rings. The smallest absolute Gasteiger partial charge is 0.199 e. The summed E-state index contributed by atoms with van der Waals surface area (Å²) < 4.78 is 10.5. The molecule has 6 heteroatoms. The van der Waals surface area contributed by atoms with Gasteiger partial charge in [-0.3, -0.25) is 9.47 Å². The molecule has 2 heterocycles. The Bertz CT molecular complexity index is 994. The summed E-state index contributed by atoms with van der Waals surface area (Å²) in [5, 5.41) is 4.75. The Morgan fingerprint density at radius 1 is 1.10 bits per heavy atom. The second-order valence-corrected chi connectivity index (χ2v) is 7.88. The van der Waals surface area contributed by atoms with Crippen LogP contribution in [0.25, 0.3) is 0 Å². The normalized spacial score (nSPS) is 17.0. The highest BCUT2D eigenvalue weighted by molar-refractivity contribution is 7.71. The lowest BCUT2D eigenvalue weighted by atomic mass is 10.0. The van der Waals surface area contributed by atoms with Gasteiger partial charge in [-0.1, -0.05) is 42.5 Å². The van der Waals surface area contributed by atoms with Crippen molar-refractivity contribution in [1.29, 1.82) is 0 Å². The minimum Gasteiger partial charge on any atom is -0.494 e. The molecule has 1 aliphatic heterocycles. The number of likely N-dealkylation sites (tertiary alicyclic amines) is 1. The summed E-state index contributed by atoms with van der Waals surface area (Å²) in [5.74, 6) is 1.88. The van der Waals surface area contributed by atoms with Gasteiger partial charge in [0, 0.05) is 12.6 Å². The monoisotopic (exact) mass is 408 g/mol. The number of nitrogens with zero attached hydrogens (tertiary/aromatic N) is 4. The number of hydrogen-bond donors (Lipinski definition) is 0. The first-order chi connectivity index (χ1) is 14.2. The van der Waals surface area contributed by atoms with E-state index in [1.54, 1.807) is 0 Å². The maximum Gasteiger partial charge on any atom is 0.199 e. The van der Waals surface area contributed by atoms with Gasteiger partial charge >= 0.3 is 0 Å². The van der Waals surface area contributed by atoms with Gasteiger partial charge in [0.15, 0.2) is 4.77 Å².